The van der Waals surface area contributed by atoms with Gasteiger partial charge in [0.15, 0.2) is 46.3 Å². The first-order valence-corrected chi connectivity index (χ1v) is 36.5. The number of hydrogen-bond donors (Lipinski definition) is 0. The average molecular weight is 1430 g/mol. The van der Waals surface area contributed by atoms with E-state index in [1.165, 1.54) is 0 Å². The summed E-state index contributed by atoms with van der Waals surface area (Å²) < 4.78 is 4.69. The Balaban J connectivity index is 0.861. The molecule has 0 radical (unpaired) electrons. The van der Waals surface area contributed by atoms with Crippen LogP contribution in [0.15, 0.2) is 352 Å². The van der Waals surface area contributed by atoms with Crippen molar-refractivity contribution in [2.75, 3.05) is 0 Å². The Morgan fingerprint density at radius 2 is 0.527 bits per heavy atom. The first kappa shape index (κ1) is 66.6. The van der Waals surface area contributed by atoms with Gasteiger partial charge >= 0.3 is 0 Å². The van der Waals surface area contributed by atoms with E-state index in [-0.39, 0.29) is 0 Å². The molecule has 0 aliphatic carbocycles. The topological polar surface area (TPSA) is 144 Å². The summed E-state index contributed by atoms with van der Waals surface area (Å²) in [5.74, 6) is 3.12. The summed E-state index contributed by atoms with van der Waals surface area (Å²) in [6.07, 6.45) is 0. The van der Waals surface area contributed by atoms with Crippen molar-refractivity contribution >= 4 is 55.0 Å². The van der Waals surface area contributed by atoms with Gasteiger partial charge in [0.05, 0.1) is 64.2 Å². The van der Waals surface area contributed by atoms with Crippen LogP contribution in [0.1, 0.15) is 11.1 Å². The van der Waals surface area contributed by atoms with Crippen LogP contribution in [0.2, 0.25) is 0 Å². The van der Waals surface area contributed by atoms with Gasteiger partial charge in [0, 0.05) is 66.2 Å². The van der Waals surface area contributed by atoms with Crippen LogP contribution in [0.3, 0.4) is 0 Å². The quantitative estimate of drug-likeness (QED) is 0.0979. The van der Waals surface area contributed by atoms with Gasteiger partial charge in [-0.15, -0.1) is 0 Å². The molecule has 4 aromatic heterocycles. The highest BCUT2D eigenvalue weighted by Crippen LogP contribution is 2.45. The van der Waals surface area contributed by atoms with E-state index in [1.54, 1.807) is 0 Å². The maximum atomic E-state index is 9.84. The first-order valence-electron chi connectivity index (χ1n) is 36.5. The Morgan fingerprint density at radius 1 is 0.232 bits per heavy atom. The lowest BCUT2D eigenvalue weighted by Gasteiger charge is -2.18. The third kappa shape index (κ3) is 12.5. The van der Waals surface area contributed by atoms with Gasteiger partial charge in [-0.25, -0.2) is 39.6 Å². The summed E-state index contributed by atoms with van der Waals surface area (Å²) in [6.45, 7) is 15.5. The highest BCUT2D eigenvalue weighted by Gasteiger charge is 2.24. The number of benzene rings is 15. The minimum atomic E-state index is 0.482. The van der Waals surface area contributed by atoms with Crippen molar-refractivity contribution < 1.29 is 0 Å². The normalized spacial score (nSPS) is 11.2. The van der Waals surface area contributed by atoms with Crippen LogP contribution in [-0.2, 0) is 0 Å². The Hall–Kier alpha value is -16.1. The van der Waals surface area contributed by atoms with Crippen LogP contribution in [-0.4, -0.2) is 39.0 Å². The number of rotatable bonds is 14. The Morgan fingerprint density at radius 3 is 0.902 bits per heavy atom. The van der Waals surface area contributed by atoms with Crippen molar-refractivity contribution in [3.05, 3.63) is 386 Å². The van der Waals surface area contributed by atoms with E-state index in [1.807, 2.05) is 218 Å². The standard InChI is InChI=1S/C100H58N12/c1-103-82-43-34-67(35-44-82)76-39-48-92-87(57-76)86-56-74(65-30-26-63(61-101)27-31-65)38-47-91(86)111(92)84-54-80(53-81(55-84)100-109-97(71-20-11-5-12-21-71)106-98(110-100)72-22-13-6-14-23-72)73-24-15-25-78(52-73)85-60-79(99-107-95(69-16-7-3-8-17-69)105-96(108-99)70-18-9-4-10-19-70)42-51-90(85)112-93-49-40-75(66-32-28-64(62-102)29-33-66)58-88(93)89-59-77(41-50-94(89)112)68-36-45-83(104-2)46-37-68/h3-60H. The van der Waals surface area contributed by atoms with E-state index in [2.05, 4.69) is 164 Å². The summed E-state index contributed by atoms with van der Waals surface area (Å²) in [4.78, 5) is 39.1. The molecular formula is C100H58N12. The van der Waals surface area contributed by atoms with Crippen molar-refractivity contribution in [1.82, 2.24) is 39.0 Å². The molecule has 19 aromatic rings. The minimum absolute atomic E-state index is 0.482. The number of aromatic nitrogens is 8. The zero-order valence-electron chi connectivity index (χ0n) is 59.9. The highest BCUT2D eigenvalue weighted by molar-refractivity contribution is 6.14. The fourth-order valence-corrected chi connectivity index (χ4v) is 15.1. The van der Waals surface area contributed by atoms with E-state index in [0.29, 0.717) is 57.4 Å². The van der Waals surface area contributed by atoms with Crippen molar-refractivity contribution in [3.8, 4) is 159 Å². The van der Waals surface area contributed by atoms with Crippen LogP contribution >= 0.6 is 0 Å². The van der Waals surface area contributed by atoms with Crippen molar-refractivity contribution in [2.45, 2.75) is 0 Å². The van der Waals surface area contributed by atoms with E-state index in [0.717, 1.165) is 155 Å². The van der Waals surface area contributed by atoms with Gasteiger partial charge in [0.2, 0.25) is 0 Å². The molecule has 0 bridgehead atoms. The van der Waals surface area contributed by atoms with Crippen molar-refractivity contribution in [1.29, 1.82) is 10.5 Å². The van der Waals surface area contributed by atoms with Crippen LogP contribution in [0.5, 0.6) is 0 Å². The molecule has 12 heteroatoms. The van der Waals surface area contributed by atoms with E-state index in [4.69, 9.17) is 43.0 Å². The van der Waals surface area contributed by atoms with E-state index < -0.39 is 0 Å². The highest BCUT2D eigenvalue weighted by atomic mass is 15.1. The van der Waals surface area contributed by atoms with Gasteiger partial charge in [-0.1, -0.05) is 237 Å². The predicted molar refractivity (Wildman–Crippen MR) is 449 cm³/mol. The molecule has 518 valence electrons. The molecule has 0 N–H and O–H groups in total. The molecule has 0 spiro atoms. The Bertz CT molecular complexity index is 6760. The number of fused-ring (bicyclic) bond motifs is 6. The third-order valence-electron chi connectivity index (χ3n) is 20.7. The molecule has 15 aromatic carbocycles. The first-order chi connectivity index (χ1) is 55.2. The zero-order chi connectivity index (χ0) is 75.2. The molecule has 0 aliphatic rings. The molecular weight excluding hydrogens is 1370 g/mol. The Labute approximate surface area is 645 Å². The molecule has 0 atom stereocenters. The summed E-state index contributed by atoms with van der Waals surface area (Å²) in [6, 6.07) is 124. The average Bonchev–Trinajstić information content (AvgIpc) is 1.59. The molecule has 0 saturated heterocycles. The van der Waals surface area contributed by atoms with E-state index in [9.17, 15) is 10.5 Å². The molecule has 0 fully saturated rings. The molecule has 0 unspecified atom stereocenters. The number of hydrogen-bond acceptors (Lipinski definition) is 8. The third-order valence-corrected chi connectivity index (χ3v) is 20.7. The maximum Gasteiger partial charge on any atom is 0.187 e. The van der Waals surface area contributed by atoms with Crippen LogP contribution in [0.4, 0.5) is 11.4 Å². The summed E-state index contributed by atoms with van der Waals surface area (Å²) >= 11 is 0. The largest absolute Gasteiger partial charge is 0.309 e. The van der Waals surface area contributed by atoms with Crippen molar-refractivity contribution in [2.24, 2.45) is 0 Å². The molecule has 4 heterocycles. The smallest absolute Gasteiger partial charge is 0.187 e. The second-order valence-electron chi connectivity index (χ2n) is 27.5. The van der Waals surface area contributed by atoms with Gasteiger partial charge in [0.1, 0.15) is 0 Å². The summed E-state index contributed by atoms with van der Waals surface area (Å²) in [5.41, 5.74) is 24.4. The molecule has 12 nitrogen and oxygen atoms in total. The lowest BCUT2D eigenvalue weighted by molar-refractivity contribution is 1.07. The fourth-order valence-electron chi connectivity index (χ4n) is 15.1. The second-order valence-corrected chi connectivity index (χ2v) is 27.5. The Kier molecular flexibility index (Phi) is 16.8. The SMILES string of the molecule is [C-]#[N+]c1ccc(-c2ccc3c(c2)c2cc(-c4ccc(C#N)cc4)ccc2n3-c2cc(-c3cccc(-c4cc(-c5nc(-c6ccccc6)nc(-c6ccccc6)n5)ccc4-n4c5ccc(-c6ccc(C#N)cc6)cc5c5cc(-c6ccc([N+]#[C-])cc6)ccc54)c3)cc(-c3nc(-c4ccccc4)nc(-c4ccccc4)n3)c2)cc1. The van der Waals surface area contributed by atoms with Crippen LogP contribution in [0.25, 0.3) is 200 Å². The molecule has 0 amide bonds. The lowest BCUT2D eigenvalue weighted by Crippen LogP contribution is -2.02. The van der Waals surface area contributed by atoms with Gasteiger partial charge in [-0.05, 0) is 176 Å². The molecule has 112 heavy (non-hydrogen) atoms. The van der Waals surface area contributed by atoms with E-state index >= 15 is 0 Å². The molecule has 0 saturated carbocycles. The zero-order valence-corrected chi connectivity index (χ0v) is 59.9. The summed E-state index contributed by atoms with van der Waals surface area (Å²) in [5, 5.41) is 23.8. The molecule has 19 rings (SSSR count). The monoisotopic (exact) mass is 1430 g/mol. The number of nitrogens with zero attached hydrogens (tertiary/aromatic N) is 12. The number of nitriles is 2. The van der Waals surface area contributed by atoms with Gasteiger partial charge < -0.3 is 9.13 Å². The van der Waals surface area contributed by atoms with Gasteiger partial charge in [-0.2, -0.15) is 10.5 Å². The van der Waals surface area contributed by atoms with Gasteiger partial charge in [0.25, 0.3) is 0 Å². The van der Waals surface area contributed by atoms with Crippen LogP contribution < -0.4 is 0 Å². The minimum Gasteiger partial charge on any atom is -0.309 e. The second kappa shape index (κ2) is 28.3. The van der Waals surface area contributed by atoms with Gasteiger partial charge in [-0.3, -0.25) is 0 Å². The van der Waals surface area contributed by atoms with Crippen molar-refractivity contribution in [3.63, 3.8) is 0 Å². The van der Waals surface area contributed by atoms with Crippen LogP contribution in [0, 0.1) is 35.8 Å². The summed E-state index contributed by atoms with van der Waals surface area (Å²) in [7, 11) is 0. The predicted octanol–water partition coefficient (Wildman–Crippen LogP) is 25.1. The lowest BCUT2D eigenvalue weighted by atomic mass is 9.95. The maximum absolute atomic E-state index is 9.84. The molecule has 0 aliphatic heterocycles. The fraction of sp³-hybridized carbons (Fsp3) is 0.